The predicted molar refractivity (Wildman–Crippen MR) is 124 cm³/mol. The van der Waals surface area contributed by atoms with Gasteiger partial charge in [0.05, 0.1) is 52.4 Å². The van der Waals surface area contributed by atoms with Gasteiger partial charge < -0.3 is 8.97 Å². The first-order chi connectivity index (χ1) is 13.5. The van der Waals surface area contributed by atoms with Crippen molar-refractivity contribution in [2.75, 3.05) is 52.4 Å². The second-order valence-electron chi connectivity index (χ2n) is 10.6. The van der Waals surface area contributed by atoms with E-state index in [-0.39, 0.29) is 0 Å². The van der Waals surface area contributed by atoms with Crippen LogP contribution in [-0.4, -0.2) is 61.3 Å². The lowest BCUT2D eigenvalue weighted by Gasteiger charge is -2.35. The largest absolute Gasteiger partial charge is 0.323 e. The fraction of sp³-hybridized carbons (Fsp3) is 1.00. The van der Waals surface area contributed by atoms with E-state index in [0.717, 1.165) is 23.7 Å². The summed E-state index contributed by atoms with van der Waals surface area (Å²) in [6.45, 7) is 26.1. The SMILES string of the molecule is CCC1C[N+](CC)(CCCCCC[N+]2(CC)CC(CC)C(CC)C2)CC1CC. The Hall–Kier alpha value is -0.0800. The van der Waals surface area contributed by atoms with E-state index in [1.165, 1.54) is 113 Å². The molecule has 0 amide bonds. The summed E-state index contributed by atoms with van der Waals surface area (Å²) >= 11 is 0. The van der Waals surface area contributed by atoms with Crippen LogP contribution in [0.4, 0.5) is 0 Å². The molecule has 166 valence electrons. The van der Waals surface area contributed by atoms with Gasteiger partial charge in [-0.2, -0.15) is 0 Å². The van der Waals surface area contributed by atoms with Gasteiger partial charge in [0.2, 0.25) is 0 Å². The summed E-state index contributed by atoms with van der Waals surface area (Å²) in [5.41, 5.74) is 0. The molecule has 28 heavy (non-hydrogen) atoms. The molecule has 0 aliphatic carbocycles. The van der Waals surface area contributed by atoms with Crippen LogP contribution in [0.2, 0.25) is 0 Å². The van der Waals surface area contributed by atoms with Gasteiger partial charge in [0.25, 0.3) is 0 Å². The summed E-state index contributed by atoms with van der Waals surface area (Å²) < 4.78 is 2.87. The first-order valence-corrected chi connectivity index (χ1v) is 13.2. The van der Waals surface area contributed by atoms with Crippen LogP contribution in [0.3, 0.4) is 0 Å². The van der Waals surface area contributed by atoms with E-state index >= 15 is 0 Å². The van der Waals surface area contributed by atoms with Crippen LogP contribution >= 0.6 is 0 Å². The number of likely N-dealkylation sites (tertiary alicyclic amines) is 2. The van der Waals surface area contributed by atoms with Gasteiger partial charge in [-0.3, -0.25) is 0 Å². The third-order valence-corrected chi connectivity index (χ3v) is 9.27. The van der Waals surface area contributed by atoms with Crippen molar-refractivity contribution in [3.05, 3.63) is 0 Å². The van der Waals surface area contributed by atoms with Crippen LogP contribution in [0.15, 0.2) is 0 Å². The summed E-state index contributed by atoms with van der Waals surface area (Å²) in [7, 11) is 0. The molecule has 0 N–H and O–H groups in total. The van der Waals surface area contributed by atoms with Gasteiger partial charge in [-0.05, 0) is 65.2 Å². The average molecular weight is 395 g/mol. The van der Waals surface area contributed by atoms with E-state index < -0.39 is 0 Å². The monoisotopic (exact) mass is 394 g/mol. The molecule has 2 aliphatic rings. The van der Waals surface area contributed by atoms with Crippen LogP contribution < -0.4 is 0 Å². The second kappa shape index (κ2) is 11.3. The maximum Gasteiger partial charge on any atom is 0.0820 e. The summed E-state index contributed by atoms with van der Waals surface area (Å²) in [6, 6.07) is 0. The van der Waals surface area contributed by atoms with Gasteiger partial charge in [-0.25, -0.2) is 0 Å². The molecule has 0 saturated carbocycles. The normalized spacial score (nSPS) is 38.4. The maximum absolute atomic E-state index is 2.45. The molecule has 2 nitrogen and oxygen atoms in total. The predicted octanol–water partition coefficient (Wildman–Crippen LogP) is 6.35. The van der Waals surface area contributed by atoms with Crippen LogP contribution in [0.5, 0.6) is 0 Å². The lowest BCUT2D eigenvalue weighted by atomic mass is 9.92. The van der Waals surface area contributed by atoms with Crippen molar-refractivity contribution in [1.29, 1.82) is 0 Å². The Morgan fingerprint density at radius 1 is 0.464 bits per heavy atom. The Kier molecular flexibility index (Phi) is 9.81. The molecule has 0 spiro atoms. The highest BCUT2D eigenvalue weighted by Gasteiger charge is 2.43. The van der Waals surface area contributed by atoms with Gasteiger partial charge in [0.1, 0.15) is 0 Å². The molecule has 2 rings (SSSR count). The Morgan fingerprint density at radius 2 is 0.750 bits per heavy atom. The van der Waals surface area contributed by atoms with Crippen LogP contribution in [0.1, 0.15) is 92.9 Å². The third-order valence-electron chi connectivity index (χ3n) is 9.27. The number of hydrogen-bond donors (Lipinski definition) is 0. The lowest BCUT2D eigenvalue weighted by molar-refractivity contribution is -0.918. The van der Waals surface area contributed by atoms with Crippen LogP contribution in [0, 0.1) is 23.7 Å². The van der Waals surface area contributed by atoms with Crippen molar-refractivity contribution in [1.82, 2.24) is 0 Å². The minimum atomic E-state index is 0.993. The zero-order valence-corrected chi connectivity index (χ0v) is 20.5. The van der Waals surface area contributed by atoms with Crippen molar-refractivity contribution < 1.29 is 8.97 Å². The van der Waals surface area contributed by atoms with Crippen molar-refractivity contribution in [3.63, 3.8) is 0 Å². The Balaban J connectivity index is 1.71. The minimum absolute atomic E-state index is 0.993. The molecular formula is C26H54N2+2. The summed E-state index contributed by atoms with van der Waals surface area (Å²) in [5.74, 6) is 3.97. The standard InChI is InChI=1S/C26H54N2/c1-7-23-19-27(11-5,20-24(23)8-2)17-15-13-14-16-18-28(12-6)21-25(9-3)26(10-4)22-28/h23-26H,7-22H2,1-6H3/q+2. The lowest BCUT2D eigenvalue weighted by Crippen LogP contribution is -2.47. The summed E-state index contributed by atoms with van der Waals surface area (Å²) in [5, 5.41) is 0. The molecule has 2 saturated heterocycles. The van der Waals surface area contributed by atoms with Gasteiger partial charge >= 0.3 is 0 Å². The highest BCUT2D eigenvalue weighted by Crippen LogP contribution is 2.35. The Bertz CT molecular complexity index is 368. The highest BCUT2D eigenvalue weighted by atomic mass is 15.4. The van der Waals surface area contributed by atoms with Gasteiger partial charge in [0.15, 0.2) is 0 Å². The van der Waals surface area contributed by atoms with Crippen molar-refractivity contribution in [2.45, 2.75) is 92.9 Å². The van der Waals surface area contributed by atoms with Gasteiger partial charge in [0, 0.05) is 23.7 Å². The van der Waals surface area contributed by atoms with Crippen LogP contribution in [-0.2, 0) is 0 Å². The first-order valence-electron chi connectivity index (χ1n) is 13.2. The van der Waals surface area contributed by atoms with E-state index in [1.807, 2.05) is 0 Å². The molecule has 2 fully saturated rings. The molecule has 0 aromatic rings. The number of hydrogen-bond acceptors (Lipinski definition) is 0. The molecule has 0 bridgehead atoms. The van der Waals surface area contributed by atoms with Gasteiger partial charge in [-0.1, -0.05) is 27.7 Å². The smallest absolute Gasteiger partial charge is 0.0820 e. The summed E-state index contributed by atoms with van der Waals surface area (Å²) in [6.07, 6.45) is 11.4. The Labute approximate surface area is 178 Å². The molecule has 0 radical (unpaired) electrons. The zero-order chi connectivity index (χ0) is 20.6. The number of unbranched alkanes of at least 4 members (excludes halogenated alkanes) is 3. The molecule has 2 aliphatic heterocycles. The fourth-order valence-corrected chi connectivity index (χ4v) is 7.03. The van der Waals surface area contributed by atoms with E-state index in [1.54, 1.807) is 0 Å². The van der Waals surface area contributed by atoms with Crippen LogP contribution in [0.25, 0.3) is 0 Å². The number of nitrogens with zero attached hydrogens (tertiary/aromatic N) is 2. The highest BCUT2D eigenvalue weighted by molar-refractivity contribution is 4.76. The Morgan fingerprint density at radius 3 is 0.964 bits per heavy atom. The van der Waals surface area contributed by atoms with E-state index in [4.69, 9.17) is 0 Å². The minimum Gasteiger partial charge on any atom is -0.323 e. The van der Waals surface area contributed by atoms with Crippen molar-refractivity contribution >= 4 is 0 Å². The molecule has 4 unspecified atom stereocenters. The van der Waals surface area contributed by atoms with Crippen molar-refractivity contribution in [3.8, 4) is 0 Å². The number of quaternary nitrogens is 2. The zero-order valence-electron chi connectivity index (χ0n) is 20.5. The molecule has 2 heterocycles. The molecule has 4 atom stereocenters. The molecule has 0 aromatic carbocycles. The third kappa shape index (κ3) is 5.75. The topological polar surface area (TPSA) is 0 Å². The molecular weight excluding hydrogens is 340 g/mol. The average Bonchev–Trinajstić information content (AvgIpc) is 3.29. The summed E-state index contributed by atoms with van der Waals surface area (Å²) in [4.78, 5) is 0. The molecule has 0 aromatic heterocycles. The van der Waals surface area contributed by atoms with Gasteiger partial charge in [-0.15, -0.1) is 0 Å². The van der Waals surface area contributed by atoms with E-state index in [2.05, 4.69) is 41.5 Å². The fourth-order valence-electron chi connectivity index (χ4n) is 7.03. The van der Waals surface area contributed by atoms with E-state index in [9.17, 15) is 0 Å². The maximum atomic E-state index is 2.45. The van der Waals surface area contributed by atoms with Crippen molar-refractivity contribution in [2.24, 2.45) is 23.7 Å². The molecule has 2 heteroatoms. The quantitative estimate of drug-likeness (QED) is 0.252. The second-order valence-corrected chi connectivity index (χ2v) is 10.6. The first kappa shape index (κ1) is 24.2. The van der Waals surface area contributed by atoms with E-state index in [0.29, 0.717) is 0 Å². The number of rotatable bonds is 13.